The van der Waals surface area contributed by atoms with Crippen molar-refractivity contribution in [1.29, 1.82) is 0 Å². The van der Waals surface area contributed by atoms with Crippen molar-refractivity contribution >= 4 is 11.6 Å². The highest BCUT2D eigenvalue weighted by Crippen LogP contribution is 2.21. The number of benzene rings is 1. The van der Waals surface area contributed by atoms with Crippen LogP contribution in [0.1, 0.15) is 43.5 Å². The van der Waals surface area contributed by atoms with Crippen LogP contribution in [0, 0.1) is 5.82 Å². The van der Waals surface area contributed by atoms with Crippen LogP contribution in [-0.2, 0) is 0 Å². The average molecular weight is 265 g/mol. The Hall–Kier alpha value is -1.62. The molecule has 0 aliphatic carbocycles. The van der Waals surface area contributed by atoms with Gasteiger partial charge in [-0.25, -0.2) is 9.40 Å². The molecule has 3 N–H and O–H groups in total. The van der Waals surface area contributed by atoms with Gasteiger partial charge in [0, 0.05) is 17.8 Å². The van der Waals surface area contributed by atoms with E-state index in [1.54, 1.807) is 0 Å². The summed E-state index contributed by atoms with van der Waals surface area (Å²) in [6, 6.07) is 4.55. The lowest BCUT2D eigenvalue weighted by Crippen LogP contribution is -2.54. The van der Waals surface area contributed by atoms with Crippen LogP contribution in [0.25, 0.3) is 0 Å². The van der Waals surface area contributed by atoms with E-state index in [4.69, 9.17) is 5.73 Å². The monoisotopic (exact) mass is 265 g/mol. The van der Waals surface area contributed by atoms with E-state index in [9.17, 15) is 9.18 Å². The Bertz CT molecular complexity index is 468. The van der Waals surface area contributed by atoms with Crippen LogP contribution in [0.15, 0.2) is 18.2 Å². The molecule has 1 aromatic carbocycles. The van der Waals surface area contributed by atoms with Crippen molar-refractivity contribution in [2.45, 2.75) is 45.2 Å². The molecule has 2 rings (SSSR count). The Morgan fingerprint density at radius 3 is 2.63 bits per heavy atom. The minimum absolute atomic E-state index is 0.00928. The van der Waals surface area contributed by atoms with E-state index in [0.29, 0.717) is 5.69 Å². The third-order valence-electron chi connectivity index (χ3n) is 3.66. The van der Waals surface area contributed by atoms with E-state index < -0.39 is 11.7 Å². The molecule has 2 unspecified atom stereocenters. The van der Waals surface area contributed by atoms with Gasteiger partial charge in [-0.3, -0.25) is 10.2 Å². The van der Waals surface area contributed by atoms with Gasteiger partial charge in [0.25, 0.3) is 5.91 Å². The molecular weight excluding hydrogens is 245 g/mol. The zero-order chi connectivity index (χ0) is 14.0. The van der Waals surface area contributed by atoms with Gasteiger partial charge in [0.15, 0.2) is 0 Å². The molecule has 0 bridgehead atoms. The molecule has 1 aliphatic heterocycles. The predicted octanol–water partition coefficient (Wildman–Crippen LogP) is 2.32. The van der Waals surface area contributed by atoms with Crippen molar-refractivity contribution in [1.82, 2.24) is 10.4 Å². The van der Waals surface area contributed by atoms with Gasteiger partial charge in [0.1, 0.15) is 5.82 Å². The summed E-state index contributed by atoms with van der Waals surface area (Å²) < 4.78 is 13.6. The molecule has 1 aliphatic rings. The molecule has 1 aromatic rings. The molecule has 19 heavy (non-hydrogen) atoms. The van der Waals surface area contributed by atoms with Crippen LogP contribution in [0.2, 0.25) is 0 Å². The fraction of sp³-hybridized carbons (Fsp3) is 0.500. The number of carbonyl (C=O) groups excluding carboxylic acids is 1. The van der Waals surface area contributed by atoms with Crippen molar-refractivity contribution in [2.24, 2.45) is 0 Å². The van der Waals surface area contributed by atoms with E-state index in [1.807, 2.05) is 5.01 Å². The molecular formula is C14H20FN3O. The molecule has 5 heteroatoms. The molecule has 0 aromatic heterocycles. The molecule has 1 amide bonds. The lowest BCUT2D eigenvalue weighted by molar-refractivity contribution is 0.0367. The minimum atomic E-state index is -0.552. The first-order valence-corrected chi connectivity index (χ1v) is 6.63. The fourth-order valence-electron chi connectivity index (χ4n) is 2.54. The molecule has 0 saturated carbocycles. The molecule has 2 atom stereocenters. The highest BCUT2D eigenvalue weighted by atomic mass is 19.1. The van der Waals surface area contributed by atoms with Crippen molar-refractivity contribution in [3.63, 3.8) is 0 Å². The van der Waals surface area contributed by atoms with Gasteiger partial charge in [-0.05, 0) is 44.9 Å². The highest BCUT2D eigenvalue weighted by Gasteiger charge is 2.27. The third-order valence-corrected chi connectivity index (χ3v) is 3.66. The second-order valence-corrected chi connectivity index (χ2v) is 5.22. The summed E-state index contributed by atoms with van der Waals surface area (Å²) in [6.07, 6.45) is 3.22. The Morgan fingerprint density at radius 2 is 2.00 bits per heavy atom. The summed E-state index contributed by atoms with van der Waals surface area (Å²) in [5.74, 6) is -0.991. The van der Waals surface area contributed by atoms with Crippen molar-refractivity contribution in [3.8, 4) is 0 Å². The minimum Gasteiger partial charge on any atom is -0.399 e. The number of hydrazine groups is 1. The van der Waals surface area contributed by atoms with Crippen LogP contribution in [-0.4, -0.2) is 23.0 Å². The number of hydrogen-bond acceptors (Lipinski definition) is 3. The first kappa shape index (κ1) is 13.8. The van der Waals surface area contributed by atoms with Crippen LogP contribution < -0.4 is 11.2 Å². The van der Waals surface area contributed by atoms with Gasteiger partial charge in [-0.2, -0.15) is 0 Å². The maximum atomic E-state index is 13.6. The molecule has 1 heterocycles. The zero-order valence-electron chi connectivity index (χ0n) is 11.3. The topological polar surface area (TPSA) is 58.4 Å². The predicted molar refractivity (Wildman–Crippen MR) is 72.9 cm³/mol. The number of piperidine rings is 1. The summed E-state index contributed by atoms with van der Waals surface area (Å²) in [4.78, 5) is 12.1. The van der Waals surface area contributed by atoms with Crippen LogP contribution >= 0.6 is 0 Å². The molecule has 104 valence electrons. The van der Waals surface area contributed by atoms with E-state index in [0.717, 1.165) is 19.3 Å². The van der Waals surface area contributed by atoms with Gasteiger partial charge >= 0.3 is 0 Å². The Kier molecular flexibility index (Phi) is 4.04. The number of carbonyl (C=O) groups is 1. The largest absolute Gasteiger partial charge is 0.399 e. The Labute approximate surface area is 112 Å². The number of hydrogen-bond donors (Lipinski definition) is 2. The molecule has 4 nitrogen and oxygen atoms in total. The number of rotatable bonds is 2. The van der Waals surface area contributed by atoms with E-state index in [-0.39, 0.29) is 17.6 Å². The second kappa shape index (κ2) is 5.57. The maximum Gasteiger partial charge on any atom is 0.268 e. The van der Waals surface area contributed by atoms with Crippen LogP contribution in [0.4, 0.5) is 10.1 Å². The second-order valence-electron chi connectivity index (χ2n) is 5.22. The summed E-state index contributed by atoms with van der Waals surface area (Å²) in [6.45, 7) is 4.12. The van der Waals surface area contributed by atoms with Gasteiger partial charge in [-0.15, -0.1) is 0 Å². The third kappa shape index (κ3) is 3.04. The van der Waals surface area contributed by atoms with E-state index >= 15 is 0 Å². The van der Waals surface area contributed by atoms with E-state index in [2.05, 4.69) is 19.3 Å². The number of halogens is 1. The zero-order valence-corrected chi connectivity index (χ0v) is 11.3. The molecule has 1 fully saturated rings. The smallest absolute Gasteiger partial charge is 0.268 e. The SMILES string of the molecule is CC1CCCC(C)N1NC(=O)c1cc(N)ccc1F. The first-order chi connectivity index (χ1) is 8.99. The Balaban J connectivity index is 2.14. The lowest BCUT2D eigenvalue weighted by atomic mass is 10.00. The number of nitrogen functional groups attached to an aromatic ring is 1. The number of nitrogens with one attached hydrogen (secondary N) is 1. The van der Waals surface area contributed by atoms with Crippen molar-refractivity contribution < 1.29 is 9.18 Å². The Morgan fingerprint density at radius 1 is 1.37 bits per heavy atom. The van der Waals surface area contributed by atoms with Gasteiger partial charge < -0.3 is 5.73 Å². The number of anilines is 1. The summed E-state index contributed by atoms with van der Waals surface area (Å²) in [7, 11) is 0. The molecule has 0 spiro atoms. The highest BCUT2D eigenvalue weighted by molar-refractivity contribution is 5.95. The fourth-order valence-corrected chi connectivity index (χ4v) is 2.54. The number of amides is 1. The summed E-state index contributed by atoms with van der Waals surface area (Å²) in [5.41, 5.74) is 8.77. The van der Waals surface area contributed by atoms with E-state index in [1.165, 1.54) is 18.2 Å². The van der Waals surface area contributed by atoms with Gasteiger partial charge in [0.2, 0.25) is 0 Å². The quantitative estimate of drug-likeness (QED) is 0.807. The van der Waals surface area contributed by atoms with Gasteiger partial charge in [-0.1, -0.05) is 6.42 Å². The number of nitrogens with zero attached hydrogens (tertiary/aromatic N) is 1. The van der Waals surface area contributed by atoms with Crippen molar-refractivity contribution in [2.75, 3.05) is 5.73 Å². The average Bonchev–Trinajstić information content (AvgIpc) is 2.37. The lowest BCUT2D eigenvalue weighted by Gasteiger charge is -2.38. The standard InChI is InChI=1S/C14H20FN3O/c1-9-4-3-5-10(2)18(9)17-14(19)12-8-11(16)6-7-13(12)15/h6-10H,3-5,16H2,1-2H3,(H,17,19). The molecule has 0 radical (unpaired) electrons. The van der Waals surface area contributed by atoms with Gasteiger partial charge in [0.05, 0.1) is 5.56 Å². The van der Waals surface area contributed by atoms with Crippen molar-refractivity contribution in [3.05, 3.63) is 29.6 Å². The van der Waals surface area contributed by atoms with Crippen LogP contribution in [0.5, 0.6) is 0 Å². The molecule has 1 saturated heterocycles. The maximum absolute atomic E-state index is 13.6. The summed E-state index contributed by atoms with van der Waals surface area (Å²) >= 11 is 0. The normalized spacial score (nSPS) is 24.2. The first-order valence-electron chi connectivity index (χ1n) is 6.63. The van der Waals surface area contributed by atoms with Crippen LogP contribution in [0.3, 0.4) is 0 Å². The summed E-state index contributed by atoms with van der Waals surface area (Å²) in [5, 5.41) is 1.91. The number of nitrogens with two attached hydrogens (primary N) is 1.